The van der Waals surface area contributed by atoms with Crippen LogP contribution in [0.4, 0.5) is 0 Å². The SMILES string of the molecule is Cc1cc2c(C)cc1-c1ccc(cc1)-c1ccc(cc1)-c1ccc(cc1)-c1ccc(cc1)-c1cc(C)c(cc1C)-c1ccc(cc1)-c1ccc(cc1)-c1ccc(cc1)-c1ccc-2cc1. The van der Waals surface area contributed by atoms with Crippen LogP contribution in [0.5, 0.6) is 0 Å². The predicted octanol–water partition coefficient (Wildman–Crippen LogP) is 17.9. The molecule has 0 unspecified atom stereocenters. The molecule has 38 rings (SSSR count). The largest absolute Gasteiger partial charge is 0.0538 e. The number of aryl methyl sites for hydroxylation is 4. The Labute approximate surface area is 377 Å². The van der Waals surface area contributed by atoms with E-state index in [2.05, 4.69) is 246 Å². The summed E-state index contributed by atoms with van der Waals surface area (Å²) in [5, 5.41) is 0. The highest BCUT2D eigenvalue weighted by Gasteiger charge is 2.13. The molecule has 0 saturated heterocycles. The maximum absolute atomic E-state index is 2.35. The molecule has 28 aliphatic rings. The Bertz CT molecular complexity index is 2830. The van der Waals surface area contributed by atoms with Gasteiger partial charge in [-0.1, -0.05) is 218 Å². The maximum Gasteiger partial charge on any atom is -0.0152 e. The van der Waals surface area contributed by atoms with Gasteiger partial charge in [0.15, 0.2) is 0 Å². The van der Waals surface area contributed by atoms with Crippen LogP contribution in [-0.4, -0.2) is 0 Å². The first-order chi connectivity index (χ1) is 31.3. The summed E-state index contributed by atoms with van der Waals surface area (Å²) < 4.78 is 0. The molecule has 0 nitrogen and oxygen atoms in total. The molecule has 0 atom stereocenters. The summed E-state index contributed by atoms with van der Waals surface area (Å²) in [6.45, 7) is 8.92. The lowest BCUT2D eigenvalue weighted by molar-refractivity contribution is 1.39. The van der Waals surface area contributed by atoms with E-state index in [1.807, 2.05) is 0 Å². The van der Waals surface area contributed by atoms with Crippen LogP contribution < -0.4 is 0 Å². The molecule has 20 bridgehead atoms. The summed E-state index contributed by atoms with van der Waals surface area (Å²) in [5.41, 5.74) is 29.7. The van der Waals surface area contributed by atoms with Gasteiger partial charge in [-0.25, -0.2) is 0 Å². The molecule has 0 amide bonds. The Morgan fingerprint density at radius 1 is 0.141 bits per heavy atom. The van der Waals surface area contributed by atoms with Gasteiger partial charge in [0.25, 0.3) is 0 Å². The van der Waals surface area contributed by atoms with Crippen molar-refractivity contribution in [3.8, 4) is 111 Å². The second-order valence-electron chi connectivity index (χ2n) is 17.6. The smallest absolute Gasteiger partial charge is 0.0152 e. The van der Waals surface area contributed by atoms with E-state index >= 15 is 0 Å². The van der Waals surface area contributed by atoms with Crippen LogP contribution in [0.2, 0.25) is 0 Å². The zero-order chi connectivity index (χ0) is 43.3. The Kier molecular flexibility index (Phi) is 9.86. The lowest BCUT2D eigenvalue weighted by Gasteiger charge is -2.14. The second kappa shape index (κ2) is 16.2. The monoisotopic (exact) mass is 816 g/mol. The highest BCUT2D eigenvalue weighted by Crippen LogP contribution is 2.37. The van der Waals surface area contributed by atoms with E-state index in [9.17, 15) is 0 Å². The lowest BCUT2D eigenvalue weighted by Crippen LogP contribution is -1.91. The molecule has 0 aromatic heterocycles. The molecular formula is C64H48. The molecule has 0 fully saturated rings. The lowest BCUT2D eigenvalue weighted by atomic mass is 9.90. The molecule has 0 heteroatoms. The van der Waals surface area contributed by atoms with Crippen LogP contribution in [0.1, 0.15) is 22.3 Å². The molecule has 0 radical (unpaired) electrons. The molecule has 10 aromatic rings. The van der Waals surface area contributed by atoms with Gasteiger partial charge in [0, 0.05) is 0 Å². The van der Waals surface area contributed by atoms with E-state index in [-0.39, 0.29) is 0 Å². The summed E-state index contributed by atoms with van der Waals surface area (Å²) in [6, 6.07) is 81.4. The first-order valence-corrected chi connectivity index (χ1v) is 22.4. The van der Waals surface area contributed by atoms with Crippen LogP contribution in [0.3, 0.4) is 0 Å². The van der Waals surface area contributed by atoms with Gasteiger partial charge in [-0.05, 0) is 161 Å². The van der Waals surface area contributed by atoms with E-state index in [4.69, 9.17) is 0 Å². The van der Waals surface area contributed by atoms with Crippen molar-refractivity contribution in [3.63, 3.8) is 0 Å². The fourth-order valence-electron chi connectivity index (χ4n) is 9.67. The molecule has 0 N–H and O–H groups in total. The van der Waals surface area contributed by atoms with Crippen molar-refractivity contribution >= 4 is 0 Å². The van der Waals surface area contributed by atoms with Crippen molar-refractivity contribution in [3.05, 3.63) is 241 Å². The molecule has 0 saturated carbocycles. The van der Waals surface area contributed by atoms with Gasteiger partial charge < -0.3 is 0 Å². The highest BCUT2D eigenvalue weighted by molar-refractivity contribution is 5.83. The molecule has 0 aliphatic heterocycles. The van der Waals surface area contributed by atoms with Crippen molar-refractivity contribution in [1.29, 1.82) is 0 Å². The highest BCUT2D eigenvalue weighted by atomic mass is 14.2. The third-order valence-corrected chi connectivity index (χ3v) is 13.5. The van der Waals surface area contributed by atoms with Crippen LogP contribution in [0.15, 0.2) is 218 Å². The summed E-state index contributed by atoms with van der Waals surface area (Å²) in [6.07, 6.45) is 0. The van der Waals surface area contributed by atoms with Crippen molar-refractivity contribution in [2.24, 2.45) is 0 Å². The summed E-state index contributed by atoms with van der Waals surface area (Å²) in [5.74, 6) is 0. The Hall–Kier alpha value is -7.80. The van der Waals surface area contributed by atoms with Gasteiger partial charge in [0.1, 0.15) is 0 Å². The zero-order valence-corrected chi connectivity index (χ0v) is 36.8. The minimum absolute atomic E-state index is 1.21. The maximum atomic E-state index is 2.35. The molecule has 0 heterocycles. The molecule has 10 aromatic carbocycles. The van der Waals surface area contributed by atoms with Gasteiger partial charge in [0.2, 0.25) is 0 Å². The van der Waals surface area contributed by atoms with E-state index in [1.54, 1.807) is 0 Å². The van der Waals surface area contributed by atoms with Crippen molar-refractivity contribution in [2.75, 3.05) is 0 Å². The van der Waals surface area contributed by atoms with Crippen LogP contribution in [0, 0.1) is 27.7 Å². The van der Waals surface area contributed by atoms with Gasteiger partial charge >= 0.3 is 0 Å². The summed E-state index contributed by atoms with van der Waals surface area (Å²) in [4.78, 5) is 0. The molecule has 304 valence electrons. The average molecular weight is 817 g/mol. The first-order valence-electron chi connectivity index (χ1n) is 22.4. The Morgan fingerprint density at radius 2 is 0.234 bits per heavy atom. The summed E-state index contributed by atoms with van der Waals surface area (Å²) in [7, 11) is 0. The zero-order valence-electron chi connectivity index (χ0n) is 36.8. The average Bonchev–Trinajstić information content (AvgIpc) is 3.35. The van der Waals surface area contributed by atoms with Gasteiger partial charge in [-0.3, -0.25) is 0 Å². The molecular weight excluding hydrogens is 769 g/mol. The van der Waals surface area contributed by atoms with Crippen LogP contribution in [-0.2, 0) is 0 Å². The topological polar surface area (TPSA) is 0 Å². The number of hydrogen-bond acceptors (Lipinski definition) is 0. The van der Waals surface area contributed by atoms with Crippen molar-refractivity contribution < 1.29 is 0 Å². The van der Waals surface area contributed by atoms with Crippen LogP contribution >= 0.6 is 0 Å². The number of benzene rings is 10. The van der Waals surface area contributed by atoms with Crippen LogP contribution in [0.25, 0.3) is 111 Å². The first kappa shape index (κ1) is 39.1. The van der Waals surface area contributed by atoms with E-state index < -0.39 is 0 Å². The normalized spacial score (nSPS) is 11.4. The van der Waals surface area contributed by atoms with Gasteiger partial charge in [-0.2, -0.15) is 0 Å². The fourth-order valence-corrected chi connectivity index (χ4v) is 9.67. The Morgan fingerprint density at radius 3 is 0.344 bits per heavy atom. The third kappa shape index (κ3) is 7.38. The summed E-state index contributed by atoms with van der Waals surface area (Å²) >= 11 is 0. The van der Waals surface area contributed by atoms with Crippen molar-refractivity contribution in [1.82, 2.24) is 0 Å². The molecule has 64 heavy (non-hydrogen) atoms. The minimum atomic E-state index is 1.21. The van der Waals surface area contributed by atoms with E-state index in [1.165, 1.54) is 134 Å². The molecule has 0 spiro atoms. The molecule has 28 aliphatic carbocycles. The quantitative estimate of drug-likeness (QED) is 0.143. The fraction of sp³-hybridized carbons (Fsp3) is 0.0625. The minimum Gasteiger partial charge on any atom is -0.0538 e. The second-order valence-corrected chi connectivity index (χ2v) is 17.6. The Balaban J connectivity index is 0.936. The van der Waals surface area contributed by atoms with Gasteiger partial charge in [0.05, 0.1) is 0 Å². The van der Waals surface area contributed by atoms with Crippen molar-refractivity contribution in [2.45, 2.75) is 27.7 Å². The number of hydrogen-bond donors (Lipinski definition) is 0. The standard InChI is InChI=1S/C64H48/c1-41-37-62-42(2)38-61(41)57-29-21-53(22-30-57)49-13-5-45(6-14-49)47-9-17-51(18-10-47)55-25-33-59(34-26-55)63-39-44(4)64(40-43(63)3)60-35-27-56(28-36-60)52-19-11-48(12-20-52)46-7-15-50(16-8-46)54-23-31-58(62)32-24-54/h5-40H,1-4H3. The predicted molar refractivity (Wildman–Crippen MR) is 273 cm³/mol. The van der Waals surface area contributed by atoms with E-state index in [0.29, 0.717) is 0 Å². The number of rotatable bonds is 0. The van der Waals surface area contributed by atoms with Gasteiger partial charge in [-0.15, -0.1) is 0 Å². The third-order valence-electron chi connectivity index (χ3n) is 13.5. The van der Waals surface area contributed by atoms with E-state index in [0.717, 1.165) is 0 Å².